The number of rotatable bonds is 10. The van der Waals surface area contributed by atoms with Gasteiger partial charge in [0.25, 0.3) is 0 Å². The molecule has 356 valence electrons. The molecule has 0 aromatic heterocycles. The van der Waals surface area contributed by atoms with Crippen LogP contribution in [-0.2, 0) is 5.41 Å². The van der Waals surface area contributed by atoms with Gasteiger partial charge in [0.1, 0.15) is 0 Å². The first-order chi connectivity index (χ1) is 37.7. The van der Waals surface area contributed by atoms with Crippen LogP contribution in [0.3, 0.4) is 0 Å². The van der Waals surface area contributed by atoms with Crippen LogP contribution < -0.4 is 4.90 Å². The van der Waals surface area contributed by atoms with Crippen LogP contribution >= 0.6 is 0 Å². The van der Waals surface area contributed by atoms with Crippen LogP contribution in [0.25, 0.3) is 88.3 Å². The fraction of sp³-hybridized carbons (Fsp3) is 0.0133. The van der Waals surface area contributed by atoms with Crippen molar-refractivity contribution in [3.8, 4) is 66.8 Å². The summed E-state index contributed by atoms with van der Waals surface area (Å²) in [5, 5.41) is 4.98. The highest BCUT2D eigenvalue weighted by Crippen LogP contribution is 2.59. The van der Waals surface area contributed by atoms with E-state index in [-0.39, 0.29) is 0 Å². The Bertz CT molecular complexity index is 4020. The molecule has 14 rings (SSSR count). The summed E-state index contributed by atoms with van der Waals surface area (Å²) in [5.74, 6) is 0. The summed E-state index contributed by atoms with van der Waals surface area (Å²) >= 11 is 0. The van der Waals surface area contributed by atoms with Crippen LogP contribution in [0.2, 0.25) is 0 Å². The van der Waals surface area contributed by atoms with Crippen molar-refractivity contribution in [2.24, 2.45) is 0 Å². The first-order valence-electron chi connectivity index (χ1n) is 26.3. The molecule has 13 aromatic carbocycles. The van der Waals surface area contributed by atoms with E-state index in [0.717, 1.165) is 22.6 Å². The minimum Gasteiger partial charge on any atom is -0.310 e. The molecule has 1 nitrogen and oxygen atoms in total. The van der Waals surface area contributed by atoms with E-state index in [0.29, 0.717) is 0 Å². The molecule has 1 aliphatic carbocycles. The van der Waals surface area contributed by atoms with E-state index in [9.17, 15) is 0 Å². The van der Waals surface area contributed by atoms with Gasteiger partial charge in [0.15, 0.2) is 0 Å². The van der Waals surface area contributed by atoms with Gasteiger partial charge in [-0.25, -0.2) is 0 Å². The minimum absolute atomic E-state index is 0.590. The zero-order chi connectivity index (χ0) is 50.4. The molecule has 0 spiro atoms. The molecule has 0 atom stereocenters. The van der Waals surface area contributed by atoms with Crippen LogP contribution in [0.1, 0.15) is 22.3 Å². The van der Waals surface area contributed by atoms with Gasteiger partial charge in [-0.2, -0.15) is 0 Å². The Balaban J connectivity index is 0.925. The number of nitrogens with zero attached hydrogens (tertiary/aromatic N) is 1. The average Bonchev–Trinajstić information content (AvgIpc) is 4.03. The summed E-state index contributed by atoms with van der Waals surface area (Å²) in [6.45, 7) is 0. The van der Waals surface area contributed by atoms with E-state index < -0.39 is 5.41 Å². The maximum Gasteiger partial charge on any atom is 0.0713 e. The average molecular weight is 966 g/mol. The predicted molar refractivity (Wildman–Crippen MR) is 321 cm³/mol. The molecule has 0 fully saturated rings. The Labute approximate surface area is 444 Å². The van der Waals surface area contributed by atoms with E-state index in [1.807, 2.05) is 0 Å². The molecule has 0 bridgehead atoms. The normalized spacial score (nSPS) is 12.3. The summed E-state index contributed by atoms with van der Waals surface area (Å²) in [6, 6.07) is 114. The molecular weight excluding hydrogens is 915 g/mol. The Morgan fingerprint density at radius 3 is 1.16 bits per heavy atom. The molecule has 0 radical (unpaired) electrons. The van der Waals surface area contributed by atoms with Crippen molar-refractivity contribution in [1.29, 1.82) is 0 Å². The van der Waals surface area contributed by atoms with Gasteiger partial charge in [-0.15, -0.1) is 0 Å². The SMILES string of the molecule is c1ccc(-c2ccc(C3(c4ccc(-c5ccccc5)cc4)c4ccccc4-c4c(-c5cccc(N(c6ccc(-c7cccc8ccccc78)cc6)c6ccc(-c7cccc8ccccc78)cc6)c5)cccc43)cc2)cc1. The molecule has 0 amide bonds. The third kappa shape index (κ3) is 7.63. The topological polar surface area (TPSA) is 3.24 Å². The zero-order valence-electron chi connectivity index (χ0n) is 41.9. The molecule has 0 aliphatic heterocycles. The summed E-state index contributed by atoms with van der Waals surface area (Å²) < 4.78 is 0. The highest BCUT2D eigenvalue weighted by atomic mass is 15.1. The lowest BCUT2D eigenvalue weighted by Gasteiger charge is -2.34. The Morgan fingerprint density at radius 1 is 0.224 bits per heavy atom. The standard InChI is InChI=1S/C75H51N/c1-3-17-52(18-4-1)54-35-43-61(44-36-54)75(62-45-37-55(38-46-62)53-19-5-2-6-20-53)72-33-12-11-29-71(72)74-70(32-16-34-73(74)75)60-25-13-26-65(51-60)76(63-47-39-58(40-48-63)68-30-14-23-56-21-7-9-27-66(56)68)64-49-41-59(42-50-64)69-31-15-24-57-22-8-10-28-67(57)69/h1-51H. The van der Waals surface area contributed by atoms with Gasteiger partial charge in [-0.1, -0.05) is 273 Å². The van der Waals surface area contributed by atoms with Gasteiger partial charge < -0.3 is 4.90 Å². The highest BCUT2D eigenvalue weighted by molar-refractivity contribution is 6.00. The summed E-state index contributed by atoms with van der Waals surface area (Å²) in [5.41, 5.74) is 22.2. The van der Waals surface area contributed by atoms with Gasteiger partial charge in [-0.3, -0.25) is 0 Å². The van der Waals surface area contributed by atoms with Crippen molar-refractivity contribution >= 4 is 38.6 Å². The third-order valence-corrected chi connectivity index (χ3v) is 15.8. The van der Waals surface area contributed by atoms with Crippen LogP contribution in [0, 0.1) is 0 Å². The largest absolute Gasteiger partial charge is 0.310 e. The first kappa shape index (κ1) is 44.8. The minimum atomic E-state index is -0.590. The lowest BCUT2D eigenvalue weighted by Crippen LogP contribution is -2.28. The van der Waals surface area contributed by atoms with Crippen molar-refractivity contribution in [2.45, 2.75) is 5.41 Å². The van der Waals surface area contributed by atoms with E-state index in [1.165, 1.54) is 105 Å². The van der Waals surface area contributed by atoms with Crippen molar-refractivity contribution in [1.82, 2.24) is 0 Å². The quantitative estimate of drug-likeness (QED) is 0.132. The molecule has 0 N–H and O–H groups in total. The molecular formula is C75H51N. The zero-order valence-corrected chi connectivity index (χ0v) is 41.9. The van der Waals surface area contributed by atoms with Crippen molar-refractivity contribution < 1.29 is 0 Å². The molecule has 1 heteroatoms. The van der Waals surface area contributed by atoms with Crippen molar-refractivity contribution in [3.63, 3.8) is 0 Å². The number of fused-ring (bicyclic) bond motifs is 5. The molecule has 0 saturated carbocycles. The van der Waals surface area contributed by atoms with Crippen LogP contribution in [-0.4, -0.2) is 0 Å². The van der Waals surface area contributed by atoms with E-state index >= 15 is 0 Å². The van der Waals surface area contributed by atoms with Gasteiger partial charge in [-0.05, 0) is 147 Å². The molecule has 0 heterocycles. The molecule has 1 aliphatic rings. The van der Waals surface area contributed by atoms with Gasteiger partial charge in [0.2, 0.25) is 0 Å². The Hall–Kier alpha value is -9.82. The Kier molecular flexibility index (Phi) is 11.2. The number of benzene rings is 13. The predicted octanol–water partition coefficient (Wildman–Crippen LogP) is 20.2. The number of hydrogen-bond acceptors (Lipinski definition) is 1. The number of anilines is 3. The second kappa shape index (κ2) is 18.9. The van der Waals surface area contributed by atoms with E-state index in [2.05, 4.69) is 314 Å². The second-order valence-corrected chi connectivity index (χ2v) is 19.9. The van der Waals surface area contributed by atoms with E-state index in [4.69, 9.17) is 0 Å². The number of hydrogen-bond donors (Lipinski definition) is 0. The first-order valence-corrected chi connectivity index (χ1v) is 26.3. The smallest absolute Gasteiger partial charge is 0.0713 e. The molecule has 0 saturated heterocycles. The monoisotopic (exact) mass is 965 g/mol. The van der Waals surface area contributed by atoms with E-state index in [1.54, 1.807) is 0 Å². The molecule has 76 heavy (non-hydrogen) atoms. The summed E-state index contributed by atoms with van der Waals surface area (Å²) in [6.07, 6.45) is 0. The van der Waals surface area contributed by atoms with Crippen molar-refractivity contribution in [3.05, 3.63) is 332 Å². The molecule has 0 unspecified atom stereocenters. The highest BCUT2D eigenvalue weighted by Gasteiger charge is 2.47. The van der Waals surface area contributed by atoms with Crippen LogP contribution in [0.5, 0.6) is 0 Å². The van der Waals surface area contributed by atoms with Gasteiger partial charge >= 0.3 is 0 Å². The fourth-order valence-electron chi connectivity index (χ4n) is 12.2. The summed E-state index contributed by atoms with van der Waals surface area (Å²) in [4.78, 5) is 2.41. The van der Waals surface area contributed by atoms with Crippen molar-refractivity contribution in [2.75, 3.05) is 4.90 Å². The van der Waals surface area contributed by atoms with Gasteiger partial charge in [0.05, 0.1) is 5.41 Å². The maximum absolute atomic E-state index is 2.41. The third-order valence-electron chi connectivity index (χ3n) is 15.8. The second-order valence-electron chi connectivity index (χ2n) is 19.9. The maximum atomic E-state index is 2.41. The lowest BCUT2D eigenvalue weighted by atomic mass is 9.67. The van der Waals surface area contributed by atoms with Gasteiger partial charge in [0, 0.05) is 17.1 Å². The summed E-state index contributed by atoms with van der Waals surface area (Å²) in [7, 11) is 0. The molecule has 13 aromatic rings. The van der Waals surface area contributed by atoms with Crippen LogP contribution in [0.15, 0.2) is 309 Å². The fourth-order valence-corrected chi connectivity index (χ4v) is 12.2. The Morgan fingerprint density at radius 2 is 0.605 bits per heavy atom. The van der Waals surface area contributed by atoms with Crippen LogP contribution in [0.4, 0.5) is 17.1 Å². The lowest BCUT2D eigenvalue weighted by molar-refractivity contribution is 0.769.